The van der Waals surface area contributed by atoms with Gasteiger partial charge in [-0.2, -0.15) is 0 Å². The average molecular weight is 364 g/mol. The molecule has 4 rings (SSSR count). The van der Waals surface area contributed by atoms with E-state index in [0.717, 1.165) is 51.6 Å². The summed E-state index contributed by atoms with van der Waals surface area (Å²) in [6.45, 7) is 7.37. The highest BCUT2D eigenvalue weighted by atomic mass is 35.5. The first-order valence-electron chi connectivity index (χ1n) is 9.00. The highest BCUT2D eigenvalue weighted by Crippen LogP contribution is 2.45. The molecule has 0 aromatic carbocycles. The second-order valence-corrected chi connectivity index (χ2v) is 7.77. The lowest BCUT2D eigenvalue weighted by Gasteiger charge is -2.43. The number of hydrogen-bond donors (Lipinski definition) is 1. The molecule has 0 aromatic heterocycles. The van der Waals surface area contributed by atoms with E-state index in [4.69, 9.17) is 0 Å². The Kier molecular flexibility index (Phi) is 6.63. The molecular formula is C17H31Cl2N3O. The number of hydrogen-bond acceptors (Lipinski definition) is 3. The maximum Gasteiger partial charge on any atom is 0.230 e. The third kappa shape index (κ3) is 3.81. The molecule has 0 radical (unpaired) electrons. The standard InChI is InChI=1S/C17H29N3O.2ClH/c21-16(17-6-2-1-3-15(17)11-18-13-17)20-9-7-19(8-10-20)12-14-4-5-14;;/h14-15,18H,1-13H2;2*1H/t15-,17+;;/m0../s1. The van der Waals surface area contributed by atoms with Crippen molar-refractivity contribution < 1.29 is 4.79 Å². The van der Waals surface area contributed by atoms with E-state index in [0.29, 0.717) is 11.8 Å². The molecule has 2 heterocycles. The second kappa shape index (κ2) is 7.90. The van der Waals surface area contributed by atoms with Crippen LogP contribution >= 0.6 is 24.8 Å². The van der Waals surface area contributed by atoms with Crippen LogP contribution in [-0.4, -0.2) is 61.5 Å². The Balaban J connectivity index is 0.000000960. The van der Waals surface area contributed by atoms with Gasteiger partial charge >= 0.3 is 0 Å². The molecule has 2 aliphatic heterocycles. The minimum atomic E-state index is -0.0447. The van der Waals surface area contributed by atoms with E-state index in [9.17, 15) is 4.79 Å². The van der Waals surface area contributed by atoms with Crippen molar-refractivity contribution in [2.45, 2.75) is 38.5 Å². The molecule has 6 heteroatoms. The fourth-order valence-electron chi connectivity index (χ4n) is 4.78. The Hall–Kier alpha value is -0.0300. The SMILES string of the molecule is Cl.Cl.O=C(N1CCN(CC2CC2)CC1)[C@@]12CCCC[C@H]1CNC2. The highest BCUT2D eigenvalue weighted by Gasteiger charge is 2.51. The summed E-state index contributed by atoms with van der Waals surface area (Å²) in [6.07, 6.45) is 7.78. The van der Waals surface area contributed by atoms with Gasteiger partial charge in [-0.05, 0) is 44.1 Å². The zero-order valence-electron chi connectivity index (χ0n) is 14.0. The summed E-state index contributed by atoms with van der Waals surface area (Å²) in [7, 11) is 0. The van der Waals surface area contributed by atoms with E-state index in [1.54, 1.807) is 0 Å². The number of halogens is 2. The van der Waals surface area contributed by atoms with E-state index in [-0.39, 0.29) is 30.2 Å². The summed E-state index contributed by atoms with van der Waals surface area (Å²) in [5.74, 6) is 2.04. The molecule has 0 spiro atoms. The number of piperazine rings is 1. The number of amides is 1. The summed E-state index contributed by atoms with van der Waals surface area (Å²) in [5.41, 5.74) is -0.0447. The summed E-state index contributed by atoms with van der Waals surface area (Å²) >= 11 is 0. The van der Waals surface area contributed by atoms with Crippen molar-refractivity contribution in [1.82, 2.24) is 15.1 Å². The molecule has 23 heavy (non-hydrogen) atoms. The van der Waals surface area contributed by atoms with E-state index in [1.165, 1.54) is 38.6 Å². The van der Waals surface area contributed by atoms with Gasteiger partial charge in [0.05, 0.1) is 5.41 Å². The lowest BCUT2D eigenvalue weighted by atomic mass is 9.67. The van der Waals surface area contributed by atoms with Crippen LogP contribution in [0.3, 0.4) is 0 Å². The minimum absolute atomic E-state index is 0. The molecule has 1 N–H and O–H groups in total. The monoisotopic (exact) mass is 363 g/mol. The molecule has 2 aliphatic carbocycles. The quantitative estimate of drug-likeness (QED) is 0.834. The van der Waals surface area contributed by atoms with Gasteiger partial charge in [-0.3, -0.25) is 9.69 Å². The van der Waals surface area contributed by atoms with Crippen molar-refractivity contribution >= 4 is 30.7 Å². The summed E-state index contributed by atoms with van der Waals surface area (Å²) < 4.78 is 0. The van der Waals surface area contributed by atoms with Crippen LogP contribution < -0.4 is 5.32 Å². The van der Waals surface area contributed by atoms with Crippen LogP contribution in [0.1, 0.15) is 38.5 Å². The van der Waals surface area contributed by atoms with Crippen LogP contribution in [0.2, 0.25) is 0 Å². The van der Waals surface area contributed by atoms with E-state index in [2.05, 4.69) is 15.1 Å². The fraction of sp³-hybridized carbons (Fsp3) is 0.941. The van der Waals surface area contributed by atoms with Crippen LogP contribution in [0, 0.1) is 17.3 Å². The number of nitrogens with zero attached hydrogens (tertiary/aromatic N) is 2. The number of fused-ring (bicyclic) bond motifs is 1. The molecule has 134 valence electrons. The van der Waals surface area contributed by atoms with E-state index in [1.807, 2.05) is 0 Å². The Morgan fingerprint density at radius 2 is 1.78 bits per heavy atom. The third-order valence-corrected chi connectivity index (χ3v) is 6.34. The second-order valence-electron chi connectivity index (χ2n) is 7.77. The lowest BCUT2D eigenvalue weighted by Crippen LogP contribution is -2.56. The highest BCUT2D eigenvalue weighted by molar-refractivity contribution is 5.85. The summed E-state index contributed by atoms with van der Waals surface area (Å²) in [4.78, 5) is 17.9. The molecule has 2 saturated heterocycles. The fourth-order valence-corrected chi connectivity index (χ4v) is 4.78. The first kappa shape index (κ1) is 19.3. The zero-order chi connectivity index (χ0) is 14.3. The first-order chi connectivity index (χ1) is 10.3. The van der Waals surface area contributed by atoms with Gasteiger partial charge in [0, 0.05) is 39.3 Å². The Morgan fingerprint density at radius 1 is 1.04 bits per heavy atom. The van der Waals surface area contributed by atoms with Gasteiger partial charge in [-0.25, -0.2) is 0 Å². The number of carbonyl (C=O) groups is 1. The average Bonchev–Trinajstić information content (AvgIpc) is 3.22. The molecule has 0 unspecified atom stereocenters. The zero-order valence-corrected chi connectivity index (χ0v) is 15.6. The van der Waals surface area contributed by atoms with Crippen LogP contribution in [-0.2, 0) is 4.79 Å². The van der Waals surface area contributed by atoms with Crippen molar-refractivity contribution in [2.24, 2.45) is 17.3 Å². The van der Waals surface area contributed by atoms with Gasteiger partial charge in [-0.1, -0.05) is 12.8 Å². The van der Waals surface area contributed by atoms with Crippen molar-refractivity contribution in [2.75, 3.05) is 45.8 Å². The van der Waals surface area contributed by atoms with Crippen LogP contribution in [0.4, 0.5) is 0 Å². The molecule has 2 saturated carbocycles. The van der Waals surface area contributed by atoms with Crippen molar-refractivity contribution in [3.8, 4) is 0 Å². The van der Waals surface area contributed by atoms with E-state index >= 15 is 0 Å². The smallest absolute Gasteiger partial charge is 0.230 e. The first-order valence-corrected chi connectivity index (χ1v) is 9.00. The Morgan fingerprint density at radius 3 is 2.48 bits per heavy atom. The molecule has 0 aromatic rings. The van der Waals surface area contributed by atoms with Gasteiger partial charge < -0.3 is 10.2 Å². The molecule has 1 amide bonds. The van der Waals surface area contributed by atoms with Gasteiger partial charge in [-0.15, -0.1) is 24.8 Å². The molecule has 4 aliphatic rings. The minimum Gasteiger partial charge on any atom is -0.340 e. The molecule has 4 nitrogen and oxygen atoms in total. The number of nitrogens with one attached hydrogen (secondary N) is 1. The van der Waals surface area contributed by atoms with Gasteiger partial charge in [0.1, 0.15) is 0 Å². The topological polar surface area (TPSA) is 35.6 Å². The maximum absolute atomic E-state index is 13.2. The van der Waals surface area contributed by atoms with Crippen LogP contribution in [0.5, 0.6) is 0 Å². The Labute approximate surface area is 152 Å². The predicted molar refractivity (Wildman–Crippen MR) is 97.5 cm³/mol. The normalized spacial score (nSPS) is 34.3. The van der Waals surface area contributed by atoms with Gasteiger partial charge in [0.2, 0.25) is 5.91 Å². The molecule has 2 atom stereocenters. The van der Waals surface area contributed by atoms with Gasteiger partial charge in [0.25, 0.3) is 0 Å². The predicted octanol–water partition coefficient (Wildman–Crippen LogP) is 2.16. The maximum atomic E-state index is 13.2. The molecular weight excluding hydrogens is 333 g/mol. The largest absolute Gasteiger partial charge is 0.340 e. The van der Waals surface area contributed by atoms with Crippen molar-refractivity contribution in [1.29, 1.82) is 0 Å². The van der Waals surface area contributed by atoms with Crippen LogP contribution in [0.25, 0.3) is 0 Å². The van der Waals surface area contributed by atoms with Gasteiger partial charge in [0.15, 0.2) is 0 Å². The Bertz CT molecular complexity index is 411. The van der Waals surface area contributed by atoms with Crippen LogP contribution in [0.15, 0.2) is 0 Å². The molecule has 4 fully saturated rings. The third-order valence-electron chi connectivity index (χ3n) is 6.34. The molecule has 0 bridgehead atoms. The number of carbonyl (C=O) groups excluding carboxylic acids is 1. The number of rotatable bonds is 3. The summed E-state index contributed by atoms with van der Waals surface area (Å²) in [6, 6.07) is 0. The van der Waals surface area contributed by atoms with Crippen molar-refractivity contribution in [3.63, 3.8) is 0 Å². The summed E-state index contributed by atoms with van der Waals surface area (Å²) in [5, 5.41) is 3.51. The van der Waals surface area contributed by atoms with E-state index < -0.39 is 0 Å². The van der Waals surface area contributed by atoms with Crippen molar-refractivity contribution in [3.05, 3.63) is 0 Å². The lowest BCUT2D eigenvalue weighted by molar-refractivity contribution is -0.147.